The van der Waals surface area contributed by atoms with E-state index in [-0.39, 0.29) is 0 Å². The van der Waals surface area contributed by atoms with Crippen molar-refractivity contribution in [2.24, 2.45) is 5.41 Å². The lowest BCUT2D eigenvalue weighted by atomic mass is 9.73. The number of hydrogen-bond acceptors (Lipinski definition) is 2. The minimum Gasteiger partial charge on any atom is -0.316 e. The Morgan fingerprint density at radius 3 is 2.00 bits per heavy atom. The minimum atomic E-state index is 0.728. The maximum atomic E-state index is 3.39. The zero-order valence-corrected chi connectivity index (χ0v) is 9.40. The van der Waals surface area contributed by atoms with E-state index in [2.05, 4.69) is 17.1 Å². The maximum absolute atomic E-state index is 3.39. The smallest absolute Gasteiger partial charge is 0.00212 e. The summed E-state index contributed by atoms with van der Waals surface area (Å²) in [6.45, 7) is 12.7. The lowest BCUT2D eigenvalue weighted by Crippen LogP contribution is -2.58. The van der Waals surface area contributed by atoms with Gasteiger partial charge in [0.1, 0.15) is 0 Å². The molecular formula is C11H24N2. The Morgan fingerprint density at radius 1 is 1.15 bits per heavy atom. The van der Waals surface area contributed by atoms with Gasteiger partial charge >= 0.3 is 0 Å². The zero-order chi connectivity index (χ0) is 9.73. The van der Waals surface area contributed by atoms with Gasteiger partial charge in [0.25, 0.3) is 0 Å². The third kappa shape index (κ3) is 2.44. The van der Waals surface area contributed by atoms with Crippen LogP contribution in [0.25, 0.3) is 0 Å². The molecule has 0 radical (unpaired) electrons. The first kappa shape index (κ1) is 11.0. The van der Waals surface area contributed by atoms with Crippen LogP contribution in [-0.2, 0) is 0 Å². The normalized spacial score (nSPS) is 26.1. The highest BCUT2D eigenvalue weighted by molar-refractivity contribution is 4.95. The fraction of sp³-hybridized carbons (Fsp3) is 1.00. The van der Waals surface area contributed by atoms with E-state index in [9.17, 15) is 0 Å². The molecule has 2 saturated heterocycles. The molecule has 0 aromatic carbocycles. The van der Waals surface area contributed by atoms with E-state index >= 15 is 0 Å². The average molecular weight is 184 g/mol. The molecule has 2 aliphatic rings. The molecular weight excluding hydrogens is 160 g/mol. The van der Waals surface area contributed by atoms with Gasteiger partial charge in [-0.2, -0.15) is 0 Å². The SMILES string of the molecule is CC.CCN1CCC2(CC1)CNC2. The summed E-state index contributed by atoms with van der Waals surface area (Å²) in [5.74, 6) is 0. The van der Waals surface area contributed by atoms with Crippen LogP contribution in [0.2, 0.25) is 0 Å². The van der Waals surface area contributed by atoms with E-state index < -0.39 is 0 Å². The molecule has 2 aliphatic heterocycles. The van der Waals surface area contributed by atoms with Crippen LogP contribution in [0, 0.1) is 5.41 Å². The molecule has 78 valence electrons. The van der Waals surface area contributed by atoms with Crippen LogP contribution < -0.4 is 5.32 Å². The molecule has 0 aromatic rings. The lowest BCUT2D eigenvalue weighted by molar-refractivity contribution is 0.0579. The van der Waals surface area contributed by atoms with Crippen molar-refractivity contribution in [3.8, 4) is 0 Å². The molecule has 2 fully saturated rings. The van der Waals surface area contributed by atoms with E-state index in [0.29, 0.717) is 0 Å². The second kappa shape index (κ2) is 4.97. The standard InChI is InChI=1S/C9H18N2.C2H6/c1-2-11-5-3-9(4-6-11)7-10-8-9;1-2/h10H,2-8H2,1H3;1-2H3. The molecule has 0 aliphatic carbocycles. The van der Waals surface area contributed by atoms with E-state index in [1.807, 2.05) is 13.8 Å². The molecule has 2 heteroatoms. The Morgan fingerprint density at radius 2 is 1.69 bits per heavy atom. The fourth-order valence-electron chi connectivity index (χ4n) is 2.18. The summed E-state index contributed by atoms with van der Waals surface area (Å²) in [6, 6.07) is 0. The Hall–Kier alpha value is -0.0800. The van der Waals surface area contributed by atoms with Crippen LogP contribution in [0.15, 0.2) is 0 Å². The van der Waals surface area contributed by atoms with Crippen molar-refractivity contribution >= 4 is 0 Å². The van der Waals surface area contributed by atoms with Gasteiger partial charge in [0, 0.05) is 13.1 Å². The van der Waals surface area contributed by atoms with E-state index in [4.69, 9.17) is 0 Å². The quantitative estimate of drug-likeness (QED) is 0.667. The molecule has 1 N–H and O–H groups in total. The third-order valence-electron chi connectivity index (χ3n) is 3.36. The first-order chi connectivity index (χ1) is 6.35. The van der Waals surface area contributed by atoms with Gasteiger partial charge in [-0.3, -0.25) is 0 Å². The van der Waals surface area contributed by atoms with E-state index in [1.54, 1.807) is 0 Å². The van der Waals surface area contributed by atoms with Crippen LogP contribution in [0.4, 0.5) is 0 Å². The van der Waals surface area contributed by atoms with Crippen LogP contribution in [0.1, 0.15) is 33.6 Å². The van der Waals surface area contributed by atoms with Crippen molar-refractivity contribution in [3.05, 3.63) is 0 Å². The summed E-state index contributed by atoms with van der Waals surface area (Å²) in [4.78, 5) is 2.56. The van der Waals surface area contributed by atoms with Crippen LogP contribution >= 0.6 is 0 Å². The molecule has 0 bridgehead atoms. The summed E-state index contributed by atoms with van der Waals surface area (Å²) in [7, 11) is 0. The highest BCUT2D eigenvalue weighted by Crippen LogP contribution is 2.34. The summed E-state index contributed by atoms with van der Waals surface area (Å²) in [6.07, 6.45) is 2.85. The maximum Gasteiger partial charge on any atom is 0.00212 e. The summed E-state index contributed by atoms with van der Waals surface area (Å²) >= 11 is 0. The van der Waals surface area contributed by atoms with Crippen molar-refractivity contribution in [1.82, 2.24) is 10.2 Å². The highest BCUT2D eigenvalue weighted by Gasteiger charge is 2.38. The van der Waals surface area contributed by atoms with Gasteiger partial charge in [0.2, 0.25) is 0 Å². The Kier molecular flexibility index (Phi) is 4.20. The number of likely N-dealkylation sites (tertiary alicyclic amines) is 1. The van der Waals surface area contributed by atoms with Gasteiger partial charge in [-0.25, -0.2) is 0 Å². The largest absolute Gasteiger partial charge is 0.316 e. The number of nitrogens with zero attached hydrogens (tertiary/aromatic N) is 1. The second-order valence-electron chi connectivity index (χ2n) is 4.04. The van der Waals surface area contributed by atoms with Crippen LogP contribution in [-0.4, -0.2) is 37.6 Å². The topological polar surface area (TPSA) is 15.3 Å². The van der Waals surface area contributed by atoms with E-state index in [1.165, 1.54) is 45.6 Å². The molecule has 0 amide bonds. The van der Waals surface area contributed by atoms with Crippen molar-refractivity contribution in [2.45, 2.75) is 33.6 Å². The molecule has 0 unspecified atom stereocenters. The predicted molar refractivity (Wildman–Crippen MR) is 58.0 cm³/mol. The highest BCUT2D eigenvalue weighted by atomic mass is 15.1. The molecule has 2 nitrogen and oxygen atoms in total. The van der Waals surface area contributed by atoms with Crippen molar-refractivity contribution in [2.75, 3.05) is 32.7 Å². The van der Waals surface area contributed by atoms with Gasteiger partial charge in [-0.05, 0) is 37.9 Å². The molecule has 0 saturated carbocycles. The van der Waals surface area contributed by atoms with Crippen molar-refractivity contribution in [3.63, 3.8) is 0 Å². The Bertz CT molecular complexity index is 131. The Labute approximate surface area is 82.7 Å². The van der Waals surface area contributed by atoms with Gasteiger partial charge < -0.3 is 10.2 Å². The minimum absolute atomic E-state index is 0.728. The van der Waals surface area contributed by atoms with Crippen LogP contribution in [0.3, 0.4) is 0 Å². The second-order valence-corrected chi connectivity index (χ2v) is 4.04. The van der Waals surface area contributed by atoms with Crippen LogP contribution in [0.5, 0.6) is 0 Å². The Balaban J connectivity index is 0.000000396. The van der Waals surface area contributed by atoms with Crippen molar-refractivity contribution in [1.29, 1.82) is 0 Å². The number of hydrogen-bond donors (Lipinski definition) is 1. The van der Waals surface area contributed by atoms with Gasteiger partial charge in [0.15, 0.2) is 0 Å². The molecule has 1 spiro atoms. The zero-order valence-electron chi connectivity index (χ0n) is 9.40. The summed E-state index contributed by atoms with van der Waals surface area (Å²) < 4.78 is 0. The third-order valence-corrected chi connectivity index (χ3v) is 3.36. The molecule has 0 aromatic heterocycles. The molecule has 2 rings (SSSR count). The number of rotatable bonds is 1. The fourth-order valence-corrected chi connectivity index (χ4v) is 2.18. The van der Waals surface area contributed by atoms with Gasteiger partial charge in [-0.15, -0.1) is 0 Å². The summed E-state index contributed by atoms with van der Waals surface area (Å²) in [5, 5.41) is 3.39. The van der Waals surface area contributed by atoms with Gasteiger partial charge in [-0.1, -0.05) is 20.8 Å². The summed E-state index contributed by atoms with van der Waals surface area (Å²) in [5.41, 5.74) is 0.728. The molecule has 0 atom stereocenters. The first-order valence-electron chi connectivity index (χ1n) is 5.78. The molecule has 13 heavy (non-hydrogen) atoms. The molecule has 2 heterocycles. The van der Waals surface area contributed by atoms with Gasteiger partial charge in [0.05, 0.1) is 0 Å². The number of nitrogens with one attached hydrogen (secondary N) is 1. The van der Waals surface area contributed by atoms with Crippen molar-refractivity contribution < 1.29 is 0 Å². The predicted octanol–water partition coefficient (Wildman–Crippen LogP) is 1.72. The average Bonchev–Trinajstić information content (AvgIpc) is 2.19. The first-order valence-corrected chi connectivity index (χ1v) is 5.78. The van der Waals surface area contributed by atoms with E-state index in [0.717, 1.165) is 5.41 Å². The lowest BCUT2D eigenvalue weighted by Gasteiger charge is -2.48. The monoisotopic (exact) mass is 184 g/mol. The number of piperidine rings is 1.